The fourth-order valence-corrected chi connectivity index (χ4v) is 2.11. The number of H-pyrrole nitrogens is 1. The minimum absolute atomic E-state index is 0.158. The molecule has 1 rings (SSSR count). The van der Waals surface area contributed by atoms with Crippen LogP contribution >= 0.6 is 11.8 Å². The van der Waals surface area contributed by atoms with E-state index in [0.717, 1.165) is 11.8 Å². The van der Waals surface area contributed by atoms with Gasteiger partial charge in [-0.15, -0.1) is 0 Å². The largest absolute Gasteiger partial charge is 0.480 e. The second-order valence-corrected chi connectivity index (χ2v) is 4.82. The van der Waals surface area contributed by atoms with E-state index in [9.17, 15) is 14.4 Å². The lowest BCUT2D eigenvalue weighted by atomic mass is 10.1. The van der Waals surface area contributed by atoms with E-state index < -0.39 is 22.6 Å². The number of nitrogens with one attached hydrogen (secondary N) is 2. The smallest absolute Gasteiger partial charge is 0.339 e. The first-order valence-electron chi connectivity index (χ1n) is 5.02. The first kappa shape index (κ1) is 14.5. The molecule has 0 fully saturated rings. The highest BCUT2D eigenvalue weighted by molar-refractivity contribution is 7.99. The molecule has 18 heavy (non-hydrogen) atoms. The number of aromatic nitrogens is 3. The highest BCUT2D eigenvalue weighted by Crippen LogP contribution is 2.18. The van der Waals surface area contributed by atoms with Crippen LogP contribution < -0.4 is 16.4 Å². The molecule has 9 heteroatoms. The minimum atomic E-state index is -1.14. The third-order valence-electron chi connectivity index (χ3n) is 2.46. The van der Waals surface area contributed by atoms with Crippen LogP contribution in [0.25, 0.3) is 0 Å². The number of nitrogens with zero attached hydrogens (tertiary/aromatic N) is 2. The number of thioether (sulfide) groups is 1. The summed E-state index contributed by atoms with van der Waals surface area (Å²) in [7, 11) is 3.06. The van der Waals surface area contributed by atoms with Gasteiger partial charge in [-0.1, -0.05) is 11.8 Å². The average Bonchev–Trinajstić information content (AvgIpc) is 2.31. The molecule has 0 saturated heterocycles. The molecular formula is C9H14N4O4S. The maximum absolute atomic E-state index is 11.1. The molecule has 0 saturated carbocycles. The van der Waals surface area contributed by atoms with Crippen LogP contribution in [0.2, 0.25) is 0 Å². The van der Waals surface area contributed by atoms with Crippen molar-refractivity contribution in [2.24, 2.45) is 7.05 Å². The third-order valence-corrected chi connectivity index (χ3v) is 3.81. The van der Waals surface area contributed by atoms with Crippen molar-refractivity contribution in [3.8, 4) is 0 Å². The van der Waals surface area contributed by atoms with E-state index in [2.05, 4.69) is 15.4 Å². The zero-order chi connectivity index (χ0) is 13.9. The Hall–Kier alpha value is -1.61. The summed E-state index contributed by atoms with van der Waals surface area (Å²) in [6, 6.07) is 0. The van der Waals surface area contributed by atoms with Crippen molar-refractivity contribution >= 4 is 17.7 Å². The summed E-state index contributed by atoms with van der Waals surface area (Å²) in [4.78, 5) is 36.7. The van der Waals surface area contributed by atoms with E-state index in [1.807, 2.05) is 0 Å². The normalized spacial score (nSPS) is 14.2. The van der Waals surface area contributed by atoms with Crippen LogP contribution in [0.15, 0.2) is 14.7 Å². The second-order valence-electron chi connectivity index (χ2n) is 3.88. The molecule has 1 atom stereocenters. The Morgan fingerprint density at radius 2 is 2.22 bits per heavy atom. The van der Waals surface area contributed by atoms with Crippen molar-refractivity contribution in [3.63, 3.8) is 0 Å². The van der Waals surface area contributed by atoms with Gasteiger partial charge in [-0.05, 0) is 14.0 Å². The first-order chi connectivity index (χ1) is 8.30. The van der Waals surface area contributed by atoms with Crippen LogP contribution in [0.4, 0.5) is 0 Å². The summed E-state index contributed by atoms with van der Waals surface area (Å²) < 4.78 is 1.28. The summed E-state index contributed by atoms with van der Waals surface area (Å²) in [6.07, 6.45) is 0. The Morgan fingerprint density at radius 3 is 2.72 bits per heavy atom. The summed E-state index contributed by atoms with van der Waals surface area (Å²) in [5.74, 6) is -0.850. The molecule has 0 radical (unpaired) electrons. The molecule has 0 aliphatic rings. The van der Waals surface area contributed by atoms with E-state index in [1.165, 1.54) is 25.7 Å². The second kappa shape index (κ2) is 5.36. The van der Waals surface area contributed by atoms with Gasteiger partial charge in [0.05, 0.1) is 0 Å². The molecule has 1 heterocycles. The Morgan fingerprint density at radius 1 is 1.61 bits per heavy atom. The number of aliphatic carboxylic acids is 1. The zero-order valence-corrected chi connectivity index (χ0v) is 11.0. The van der Waals surface area contributed by atoms with Crippen LogP contribution in [-0.2, 0) is 11.8 Å². The monoisotopic (exact) mass is 274 g/mol. The van der Waals surface area contributed by atoms with Crippen molar-refractivity contribution < 1.29 is 9.90 Å². The van der Waals surface area contributed by atoms with Gasteiger partial charge in [-0.3, -0.25) is 24.2 Å². The fourth-order valence-electron chi connectivity index (χ4n) is 1.04. The lowest BCUT2D eigenvalue weighted by molar-refractivity contribution is -0.142. The van der Waals surface area contributed by atoms with Gasteiger partial charge in [0.25, 0.3) is 0 Å². The van der Waals surface area contributed by atoms with Crippen molar-refractivity contribution in [2.75, 3.05) is 12.8 Å². The molecular weight excluding hydrogens is 260 g/mol. The molecule has 1 unspecified atom stereocenters. The number of carbonyl (C=O) groups is 1. The van der Waals surface area contributed by atoms with Gasteiger partial charge in [0, 0.05) is 12.8 Å². The maximum atomic E-state index is 11.1. The quantitative estimate of drug-likeness (QED) is 0.447. The minimum Gasteiger partial charge on any atom is -0.480 e. The van der Waals surface area contributed by atoms with Gasteiger partial charge >= 0.3 is 17.1 Å². The molecule has 0 aliphatic heterocycles. The lowest BCUT2D eigenvalue weighted by Gasteiger charge is -2.23. The molecule has 0 amide bonds. The number of likely N-dealkylation sites (N-methyl/N-ethyl adjacent to an activating group) is 1. The summed E-state index contributed by atoms with van der Waals surface area (Å²) >= 11 is 1.07. The van der Waals surface area contributed by atoms with Gasteiger partial charge < -0.3 is 10.4 Å². The van der Waals surface area contributed by atoms with Crippen molar-refractivity contribution in [1.82, 2.24) is 20.1 Å². The average molecular weight is 274 g/mol. The molecule has 0 aliphatic carbocycles. The summed E-state index contributed by atoms with van der Waals surface area (Å²) in [6.45, 7) is 1.52. The predicted octanol–water partition coefficient (Wildman–Crippen LogP) is -1.38. The van der Waals surface area contributed by atoms with Gasteiger partial charge in [0.15, 0.2) is 5.16 Å². The van der Waals surface area contributed by atoms with Crippen molar-refractivity contribution in [2.45, 2.75) is 17.6 Å². The van der Waals surface area contributed by atoms with E-state index in [1.54, 1.807) is 0 Å². The topological polar surface area (TPSA) is 117 Å². The van der Waals surface area contributed by atoms with Gasteiger partial charge in [0.1, 0.15) is 5.54 Å². The molecule has 8 nitrogen and oxygen atoms in total. The van der Waals surface area contributed by atoms with Crippen LogP contribution in [0.1, 0.15) is 6.92 Å². The Labute approximate surface area is 106 Å². The standard InChI is InChI=1S/C9H14N4O4S/c1-9(10-2,7(16)17)4-18-8-11-5(14)6(15)12-13(8)3/h10H,4H2,1-3H3,(H,12,15)(H,16,17). The number of aromatic amines is 1. The molecule has 1 aromatic heterocycles. The number of rotatable bonds is 5. The Kier molecular flexibility index (Phi) is 4.30. The molecule has 0 aromatic carbocycles. The molecule has 3 N–H and O–H groups in total. The van der Waals surface area contributed by atoms with Crippen molar-refractivity contribution in [1.29, 1.82) is 0 Å². The highest BCUT2D eigenvalue weighted by Gasteiger charge is 2.31. The summed E-state index contributed by atoms with van der Waals surface area (Å²) in [5, 5.41) is 14.3. The Balaban J connectivity index is 2.93. The molecule has 1 aromatic rings. The van der Waals surface area contributed by atoms with Crippen LogP contribution in [0.3, 0.4) is 0 Å². The first-order valence-corrected chi connectivity index (χ1v) is 6.01. The Bertz CT molecular complexity index is 566. The predicted molar refractivity (Wildman–Crippen MR) is 65.9 cm³/mol. The summed E-state index contributed by atoms with van der Waals surface area (Å²) in [5.41, 5.74) is -2.84. The third kappa shape index (κ3) is 2.99. The highest BCUT2D eigenvalue weighted by atomic mass is 32.2. The van der Waals surface area contributed by atoms with E-state index >= 15 is 0 Å². The van der Waals surface area contributed by atoms with Crippen LogP contribution in [-0.4, -0.2) is 44.2 Å². The number of aryl methyl sites for hydroxylation is 1. The number of carboxylic acid groups (broad SMARTS) is 1. The maximum Gasteiger partial charge on any atom is 0.339 e. The SMILES string of the molecule is CNC(C)(CSc1nc(=O)c(=O)[nH]n1C)C(=O)O. The molecule has 0 spiro atoms. The van der Waals surface area contributed by atoms with Crippen LogP contribution in [0.5, 0.6) is 0 Å². The fraction of sp³-hybridized carbons (Fsp3) is 0.556. The van der Waals surface area contributed by atoms with Gasteiger partial charge in [-0.2, -0.15) is 4.98 Å². The van der Waals surface area contributed by atoms with E-state index in [4.69, 9.17) is 5.11 Å². The van der Waals surface area contributed by atoms with Crippen LogP contribution in [0, 0.1) is 0 Å². The van der Waals surface area contributed by atoms with E-state index in [0.29, 0.717) is 0 Å². The number of hydrogen-bond donors (Lipinski definition) is 3. The molecule has 0 bridgehead atoms. The van der Waals surface area contributed by atoms with E-state index in [-0.39, 0.29) is 10.9 Å². The van der Waals surface area contributed by atoms with Gasteiger partial charge in [0.2, 0.25) is 0 Å². The lowest BCUT2D eigenvalue weighted by Crippen LogP contribution is -2.50. The molecule has 100 valence electrons. The van der Waals surface area contributed by atoms with Gasteiger partial charge in [-0.25, -0.2) is 0 Å². The number of carboxylic acids is 1. The van der Waals surface area contributed by atoms with Crippen molar-refractivity contribution in [3.05, 3.63) is 20.7 Å². The number of hydrogen-bond acceptors (Lipinski definition) is 6. The zero-order valence-electron chi connectivity index (χ0n) is 10.2.